The zero-order valence-corrected chi connectivity index (χ0v) is 16.9. The maximum absolute atomic E-state index is 11.0. The monoisotopic (exact) mass is 350 g/mol. The number of methoxy groups -OCH3 is 1. The first kappa shape index (κ1) is 23.9. The summed E-state index contributed by atoms with van der Waals surface area (Å²) in [6, 6.07) is 0. The second-order valence-electron chi connectivity index (χ2n) is 6.97. The largest absolute Gasteiger partial charge is 0.469 e. The summed E-state index contributed by atoms with van der Waals surface area (Å²) in [6.45, 7) is 2.25. The molecule has 0 spiro atoms. The van der Waals surface area contributed by atoms with E-state index in [0.29, 0.717) is 6.42 Å². The Morgan fingerprint density at radius 1 is 0.680 bits per heavy atom. The van der Waals surface area contributed by atoms with Crippen LogP contribution < -0.4 is 0 Å². The molecule has 146 valence electrons. The minimum absolute atomic E-state index is 0.0722. The third-order valence-electron chi connectivity index (χ3n) is 4.56. The summed E-state index contributed by atoms with van der Waals surface area (Å²) in [5, 5.41) is 0. The summed E-state index contributed by atoms with van der Waals surface area (Å²) < 4.78 is 4.64. The second-order valence-corrected chi connectivity index (χ2v) is 6.97. The highest BCUT2D eigenvalue weighted by atomic mass is 16.5. The summed E-state index contributed by atoms with van der Waals surface area (Å²) in [4.78, 5) is 11.0. The van der Waals surface area contributed by atoms with E-state index in [1.807, 2.05) is 0 Å². The molecule has 0 unspecified atom stereocenters. The van der Waals surface area contributed by atoms with Gasteiger partial charge < -0.3 is 4.74 Å². The van der Waals surface area contributed by atoms with Crippen LogP contribution in [0.5, 0.6) is 0 Å². The van der Waals surface area contributed by atoms with Gasteiger partial charge >= 0.3 is 5.97 Å². The fraction of sp³-hybridized carbons (Fsp3) is 0.783. The van der Waals surface area contributed by atoms with Crippen molar-refractivity contribution in [3.63, 3.8) is 0 Å². The van der Waals surface area contributed by atoms with Crippen LogP contribution in [0.4, 0.5) is 0 Å². The topological polar surface area (TPSA) is 26.3 Å². The van der Waals surface area contributed by atoms with Crippen LogP contribution in [-0.4, -0.2) is 13.1 Å². The summed E-state index contributed by atoms with van der Waals surface area (Å²) in [7, 11) is 1.46. The van der Waals surface area contributed by atoms with E-state index < -0.39 is 0 Å². The Bertz CT molecular complexity index is 331. The molecule has 2 nitrogen and oxygen atoms in total. The van der Waals surface area contributed by atoms with Gasteiger partial charge in [0, 0.05) is 6.42 Å². The van der Waals surface area contributed by atoms with Gasteiger partial charge in [0.1, 0.15) is 0 Å². The number of unbranched alkanes of at least 4 members (excludes halogenated alkanes) is 12. The molecule has 0 aromatic rings. The first-order chi connectivity index (χ1) is 12.3. The molecule has 0 aromatic carbocycles. The van der Waals surface area contributed by atoms with Crippen molar-refractivity contribution in [2.45, 2.75) is 110 Å². The van der Waals surface area contributed by atoms with Gasteiger partial charge in [0.25, 0.3) is 0 Å². The summed E-state index contributed by atoms with van der Waals surface area (Å²) in [5.74, 6) is -0.0722. The van der Waals surface area contributed by atoms with Gasteiger partial charge in [0.2, 0.25) is 0 Å². The van der Waals surface area contributed by atoms with Gasteiger partial charge in [0.05, 0.1) is 7.11 Å². The van der Waals surface area contributed by atoms with Crippen molar-refractivity contribution in [2.75, 3.05) is 7.11 Å². The number of ether oxygens (including phenoxy) is 1. The molecule has 0 radical (unpaired) electrons. The van der Waals surface area contributed by atoms with Gasteiger partial charge in [0.15, 0.2) is 0 Å². The van der Waals surface area contributed by atoms with E-state index in [4.69, 9.17) is 0 Å². The molecule has 0 aliphatic rings. The Morgan fingerprint density at radius 2 is 1.16 bits per heavy atom. The van der Waals surface area contributed by atoms with Gasteiger partial charge in [-0.3, -0.25) is 4.79 Å². The van der Waals surface area contributed by atoms with Crippen molar-refractivity contribution < 1.29 is 9.53 Å². The van der Waals surface area contributed by atoms with Gasteiger partial charge in [-0.25, -0.2) is 0 Å². The molecular weight excluding hydrogens is 308 g/mol. The Hall–Kier alpha value is -1.05. The van der Waals surface area contributed by atoms with E-state index in [2.05, 4.69) is 36.0 Å². The quantitative estimate of drug-likeness (QED) is 0.145. The molecule has 0 bridgehead atoms. The fourth-order valence-corrected chi connectivity index (χ4v) is 2.89. The number of allylic oxidation sites excluding steroid dienone is 4. The molecule has 0 rings (SSSR count). The van der Waals surface area contributed by atoms with Crippen molar-refractivity contribution in [3.8, 4) is 0 Å². The summed E-state index contributed by atoms with van der Waals surface area (Å²) >= 11 is 0. The first-order valence-electron chi connectivity index (χ1n) is 10.7. The number of hydrogen-bond acceptors (Lipinski definition) is 2. The fourth-order valence-electron chi connectivity index (χ4n) is 2.89. The summed E-state index contributed by atoms with van der Waals surface area (Å²) in [5.41, 5.74) is 0. The van der Waals surface area contributed by atoms with Crippen molar-refractivity contribution in [3.05, 3.63) is 24.3 Å². The van der Waals surface area contributed by atoms with E-state index in [9.17, 15) is 4.79 Å². The third-order valence-corrected chi connectivity index (χ3v) is 4.56. The predicted octanol–water partition coefficient (Wildman–Crippen LogP) is 7.53. The smallest absolute Gasteiger partial charge is 0.305 e. The van der Waals surface area contributed by atoms with E-state index >= 15 is 0 Å². The lowest BCUT2D eigenvalue weighted by molar-refractivity contribution is -0.140. The van der Waals surface area contributed by atoms with Gasteiger partial charge in [-0.1, -0.05) is 89.0 Å². The molecule has 0 saturated heterocycles. The Morgan fingerprint density at radius 3 is 1.68 bits per heavy atom. The van der Waals surface area contributed by atoms with Crippen molar-refractivity contribution >= 4 is 5.97 Å². The molecule has 0 amide bonds. The predicted molar refractivity (Wildman–Crippen MR) is 110 cm³/mol. The lowest BCUT2D eigenvalue weighted by Crippen LogP contribution is -1.99. The van der Waals surface area contributed by atoms with Gasteiger partial charge in [-0.05, 0) is 38.5 Å². The van der Waals surface area contributed by atoms with Crippen LogP contribution in [0.3, 0.4) is 0 Å². The molecular formula is C23H42O2. The number of rotatable bonds is 18. The van der Waals surface area contributed by atoms with Crippen molar-refractivity contribution in [1.29, 1.82) is 0 Å². The standard InChI is InChI=1S/C23H42O2/c1-3-4-5-6-7-8-9-10-11-12-13-14-15-16-17-18-19-20-21-22-23(24)25-2/h7-8,10-11H,3-6,9,12-22H2,1-2H3. The minimum atomic E-state index is -0.0722. The first-order valence-corrected chi connectivity index (χ1v) is 10.7. The molecule has 0 aromatic heterocycles. The third kappa shape index (κ3) is 20.9. The highest BCUT2D eigenvalue weighted by Gasteiger charge is 1.98. The molecule has 0 aliphatic carbocycles. The second kappa shape index (κ2) is 21.0. The molecule has 0 N–H and O–H groups in total. The minimum Gasteiger partial charge on any atom is -0.469 e. The van der Waals surface area contributed by atoms with Gasteiger partial charge in [-0.15, -0.1) is 0 Å². The normalized spacial score (nSPS) is 11.6. The number of hydrogen-bond donors (Lipinski definition) is 0. The molecule has 25 heavy (non-hydrogen) atoms. The van der Waals surface area contributed by atoms with Crippen LogP contribution in [0, 0.1) is 0 Å². The van der Waals surface area contributed by atoms with E-state index in [1.54, 1.807) is 0 Å². The molecule has 2 heteroatoms. The Labute approximate surface area is 157 Å². The maximum atomic E-state index is 11.0. The van der Waals surface area contributed by atoms with Crippen LogP contribution in [-0.2, 0) is 9.53 Å². The van der Waals surface area contributed by atoms with Crippen LogP contribution in [0.2, 0.25) is 0 Å². The van der Waals surface area contributed by atoms with Crippen LogP contribution in [0.1, 0.15) is 110 Å². The molecule has 0 atom stereocenters. The average Bonchev–Trinajstić information content (AvgIpc) is 2.63. The maximum Gasteiger partial charge on any atom is 0.305 e. The zero-order valence-electron chi connectivity index (χ0n) is 16.9. The van der Waals surface area contributed by atoms with Crippen LogP contribution in [0.25, 0.3) is 0 Å². The zero-order chi connectivity index (χ0) is 18.4. The highest BCUT2D eigenvalue weighted by Crippen LogP contribution is 2.11. The van der Waals surface area contributed by atoms with E-state index in [1.165, 1.54) is 84.2 Å². The lowest BCUT2D eigenvalue weighted by atomic mass is 10.1. The number of carbonyl (C=O) groups excluding carboxylic acids is 1. The van der Waals surface area contributed by atoms with Crippen molar-refractivity contribution in [1.82, 2.24) is 0 Å². The SMILES string of the molecule is CCCCCC=CCC=CCCCCCCCCCCCC(=O)OC. The number of carbonyl (C=O) groups is 1. The highest BCUT2D eigenvalue weighted by molar-refractivity contribution is 5.68. The lowest BCUT2D eigenvalue weighted by Gasteiger charge is -2.02. The Balaban J connectivity index is 3.15. The Kier molecular flexibility index (Phi) is 20.1. The molecule has 0 heterocycles. The van der Waals surface area contributed by atoms with Gasteiger partial charge in [-0.2, -0.15) is 0 Å². The van der Waals surface area contributed by atoms with E-state index in [-0.39, 0.29) is 5.97 Å². The average molecular weight is 351 g/mol. The molecule has 0 saturated carbocycles. The molecule has 0 fully saturated rings. The molecule has 0 aliphatic heterocycles. The van der Waals surface area contributed by atoms with E-state index in [0.717, 1.165) is 19.3 Å². The summed E-state index contributed by atoms with van der Waals surface area (Å²) in [6.07, 6.45) is 28.9. The van der Waals surface area contributed by atoms with Crippen LogP contribution >= 0.6 is 0 Å². The van der Waals surface area contributed by atoms with Crippen LogP contribution in [0.15, 0.2) is 24.3 Å². The van der Waals surface area contributed by atoms with Crippen molar-refractivity contribution in [2.24, 2.45) is 0 Å². The number of esters is 1.